The minimum absolute atomic E-state index is 0.0922. The third-order valence-corrected chi connectivity index (χ3v) is 5.33. The molecule has 4 aromatic rings. The highest BCUT2D eigenvalue weighted by Crippen LogP contribution is 2.34. The highest BCUT2D eigenvalue weighted by molar-refractivity contribution is 6.33. The van der Waals surface area contributed by atoms with E-state index in [2.05, 4.69) is 10.3 Å². The van der Waals surface area contributed by atoms with Crippen LogP contribution in [0.25, 0.3) is 22.1 Å². The normalized spacial score (nSPS) is 11.7. The van der Waals surface area contributed by atoms with Gasteiger partial charge in [-0.1, -0.05) is 23.7 Å². The van der Waals surface area contributed by atoms with Gasteiger partial charge in [-0.25, -0.2) is 14.0 Å². The standard InChI is InChI=1S/C24H14ClFN2O6/c25-20-7-14(26)2-4-16(20)18-8-22(30)34-21-6-12(1-3-17(18)21)19(11-29)23(31)28-15-5-13(24(32)33)9-27-10-15/h1-11,19H,(H,28,31)(H,32,33). The van der Waals surface area contributed by atoms with Gasteiger partial charge in [0, 0.05) is 28.8 Å². The molecule has 1 atom stereocenters. The molecule has 0 saturated carbocycles. The Kier molecular flexibility index (Phi) is 6.20. The quantitative estimate of drug-likeness (QED) is 0.240. The number of aromatic nitrogens is 1. The number of aldehydes is 1. The first-order valence-electron chi connectivity index (χ1n) is 9.74. The summed E-state index contributed by atoms with van der Waals surface area (Å²) in [6.07, 6.45) is 2.76. The molecule has 0 aliphatic carbocycles. The molecule has 0 fully saturated rings. The molecule has 2 aromatic carbocycles. The summed E-state index contributed by atoms with van der Waals surface area (Å²) in [7, 11) is 0. The predicted octanol–water partition coefficient (Wildman–Crippen LogP) is 4.27. The molecule has 0 saturated heterocycles. The first-order valence-corrected chi connectivity index (χ1v) is 10.1. The van der Waals surface area contributed by atoms with Gasteiger partial charge in [0.15, 0.2) is 0 Å². The maximum atomic E-state index is 13.5. The number of carbonyl (C=O) groups excluding carboxylic acids is 2. The maximum absolute atomic E-state index is 13.5. The molecule has 0 bridgehead atoms. The Balaban J connectivity index is 1.72. The molecule has 0 radical (unpaired) electrons. The smallest absolute Gasteiger partial charge is 0.337 e. The second-order valence-electron chi connectivity index (χ2n) is 7.23. The fourth-order valence-corrected chi connectivity index (χ4v) is 3.71. The summed E-state index contributed by atoms with van der Waals surface area (Å²) >= 11 is 6.16. The third-order valence-electron chi connectivity index (χ3n) is 5.02. The number of carbonyl (C=O) groups is 3. The molecule has 2 aromatic heterocycles. The van der Waals surface area contributed by atoms with E-state index in [1.165, 1.54) is 42.6 Å². The van der Waals surface area contributed by atoms with Crippen LogP contribution in [0.5, 0.6) is 0 Å². The van der Waals surface area contributed by atoms with Gasteiger partial charge >= 0.3 is 11.6 Å². The average Bonchev–Trinajstić information content (AvgIpc) is 2.79. The molecular weight excluding hydrogens is 467 g/mol. The number of hydrogen-bond donors (Lipinski definition) is 2. The lowest BCUT2D eigenvalue weighted by molar-refractivity contribution is -0.122. The van der Waals surface area contributed by atoms with E-state index in [0.717, 1.165) is 12.3 Å². The largest absolute Gasteiger partial charge is 0.478 e. The summed E-state index contributed by atoms with van der Waals surface area (Å²) in [6.45, 7) is 0. The lowest BCUT2D eigenvalue weighted by Gasteiger charge is -2.13. The van der Waals surface area contributed by atoms with Crippen molar-refractivity contribution in [2.24, 2.45) is 0 Å². The number of nitrogens with zero attached hydrogens (tertiary/aromatic N) is 1. The number of anilines is 1. The van der Waals surface area contributed by atoms with Crippen molar-refractivity contribution in [1.29, 1.82) is 0 Å². The summed E-state index contributed by atoms with van der Waals surface area (Å²) < 4.78 is 18.7. The second-order valence-corrected chi connectivity index (χ2v) is 7.64. The number of halogens is 2. The number of aromatic carboxylic acids is 1. The summed E-state index contributed by atoms with van der Waals surface area (Å²) in [5.74, 6) is -3.79. The number of rotatable bonds is 6. The third kappa shape index (κ3) is 4.55. The van der Waals surface area contributed by atoms with Crippen LogP contribution in [0.2, 0.25) is 5.02 Å². The van der Waals surface area contributed by atoms with E-state index in [1.807, 2.05) is 0 Å². The van der Waals surface area contributed by atoms with E-state index in [0.29, 0.717) is 22.8 Å². The van der Waals surface area contributed by atoms with E-state index in [-0.39, 0.29) is 27.4 Å². The molecule has 0 aliphatic heterocycles. The minimum atomic E-state index is -1.29. The number of amides is 1. The van der Waals surface area contributed by atoms with Crippen LogP contribution in [0.1, 0.15) is 21.8 Å². The van der Waals surface area contributed by atoms with E-state index in [4.69, 9.17) is 21.1 Å². The van der Waals surface area contributed by atoms with Crippen molar-refractivity contribution in [1.82, 2.24) is 4.98 Å². The van der Waals surface area contributed by atoms with Crippen molar-refractivity contribution in [3.05, 3.63) is 93.3 Å². The Morgan fingerprint density at radius 2 is 1.88 bits per heavy atom. The first-order chi connectivity index (χ1) is 16.3. The van der Waals surface area contributed by atoms with Gasteiger partial charge in [-0.3, -0.25) is 9.78 Å². The highest BCUT2D eigenvalue weighted by atomic mass is 35.5. The molecule has 0 aliphatic rings. The van der Waals surface area contributed by atoms with Crippen LogP contribution in [0, 0.1) is 5.82 Å². The van der Waals surface area contributed by atoms with E-state index in [9.17, 15) is 23.6 Å². The van der Waals surface area contributed by atoms with Gasteiger partial charge in [0.1, 0.15) is 23.6 Å². The molecule has 1 amide bonds. The molecule has 1 unspecified atom stereocenters. The molecule has 10 heteroatoms. The minimum Gasteiger partial charge on any atom is -0.478 e. The maximum Gasteiger partial charge on any atom is 0.337 e. The van der Waals surface area contributed by atoms with Gasteiger partial charge in [0.25, 0.3) is 0 Å². The fraction of sp³-hybridized carbons (Fsp3) is 0.0417. The van der Waals surface area contributed by atoms with Crippen molar-refractivity contribution < 1.29 is 28.3 Å². The predicted molar refractivity (Wildman–Crippen MR) is 122 cm³/mol. The van der Waals surface area contributed by atoms with Crippen molar-refractivity contribution in [2.45, 2.75) is 5.92 Å². The lowest BCUT2D eigenvalue weighted by atomic mass is 9.95. The van der Waals surface area contributed by atoms with Gasteiger partial charge in [-0.2, -0.15) is 0 Å². The first kappa shape index (κ1) is 22.8. The number of carboxylic acid groups (broad SMARTS) is 1. The number of pyridine rings is 1. The van der Waals surface area contributed by atoms with Gasteiger partial charge in [-0.15, -0.1) is 0 Å². The van der Waals surface area contributed by atoms with Crippen LogP contribution in [-0.4, -0.2) is 28.3 Å². The Bertz CT molecular complexity index is 1520. The molecule has 2 N–H and O–H groups in total. The van der Waals surface area contributed by atoms with E-state index < -0.39 is 29.2 Å². The molecule has 34 heavy (non-hydrogen) atoms. The summed E-state index contributed by atoms with van der Waals surface area (Å²) in [5.41, 5.74) is 0.374. The van der Waals surface area contributed by atoms with Crippen molar-refractivity contribution >= 4 is 46.4 Å². The van der Waals surface area contributed by atoms with Crippen LogP contribution >= 0.6 is 11.6 Å². The Morgan fingerprint density at radius 1 is 1.09 bits per heavy atom. The average molecular weight is 481 g/mol. The van der Waals surface area contributed by atoms with Gasteiger partial charge in [0.05, 0.1) is 22.5 Å². The van der Waals surface area contributed by atoms with Crippen molar-refractivity contribution in [3.8, 4) is 11.1 Å². The molecule has 2 heterocycles. The van der Waals surface area contributed by atoms with Crippen LogP contribution in [0.3, 0.4) is 0 Å². The number of fused-ring (bicyclic) bond motifs is 1. The van der Waals surface area contributed by atoms with Crippen LogP contribution in [0.15, 0.2) is 70.1 Å². The van der Waals surface area contributed by atoms with E-state index in [1.54, 1.807) is 6.07 Å². The Morgan fingerprint density at radius 3 is 2.59 bits per heavy atom. The van der Waals surface area contributed by atoms with E-state index >= 15 is 0 Å². The Hall–Kier alpha value is -4.37. The zero-order chi connectivity index (χ0) is 24.4. The highest BCUT2D eigenvalue weighted by Gasteiger charge is 2.22. The molecule has 4 rings (SSSR count). The van der Waals surface area contributed by atoms with Crippen LogP contribution in [0.4, 0.5) is 10.1 Å². The molecular formula is C24H14ClFN2O6. The SMILES string of the molecule is O=CC(C(=O)Nc1cncc(C(=O)O)c1)c1ccc2c(-c3ccc(F)cc3Cl)cc(=O)oc2c1. The monoisotopic (exact) mass is 480 g/mol. The number of benzene rings is 2. The summed E-state index contributed by atoms with van der Waals surface area (Å²) in [4.78, 5) is 51.5. The number of carboxylic acids is 1. The van der Waals surface area contributed by atoms with Gasteiger partial charge in [0.2, 0.25) is 5.91 Å². The number of nitrogens with one attached hydrogen (secondary N) is 1. The van der Waals surface area contributed by atoms with Crippen LogP contribution < -0.4 is 10.9 Å². The number of hydrogen-bond acceptors (Lipinski definition) is 6. The lowest BCUT2D eigenvalue weighted by Crippen LogP contribution is -2.22. The topological polar surface area (TPSA) is 127 Å². The second kappa shape index (κ2) is 9.24. The fourth-order valence-electron chi connectivity index (χ4n) is 3.44. The molecule has 170 valence electrons. The summed E-state index contributed by atoms with van der Waals surface area (Å²) in [5, 5.41) is 12.1. The molecule has 0 spiro atoms. The molecule has 8 nitrogen and oxygen atoms in total. The summed E-state index contributed by atoms with van der Waals surface area (Å²) in [6, 6.07) is 10.6. The van der Waals surface area contributed by atoms with Crippen molar-refractivity contribution in [3.63, 3.8) is 0 Å². The zero-order valence-corrected chi connectivity index (χ0v) is 17.9. The zero-order valence-electron chi connectivity index (χ0n) is 17.1. The van der Waals surface area contributed by atoms with Crippen LogP contribution in [-0.2, 0) is 9.59 Å². The van der Waals surface area contributed by atoms with Crippen molar-refractivity contribution in [2.75, 3.05) is 5.32 Å². The van der Waals surface area contributed by atoms with Gasteiger partial charge < -0.3 is 19.6 Å². The Labute approximate surface area is 195 Å². The van der Waals surface area contributed by atoms with Gasteiger partial charge in [-0.05, 0) is 35.9 Å².